The number of aromatic nitrogens is 2. The number of hydrogen-bond donors (Lipinski definition) is 2. The first kappa shape index (κ1) is 10.5. The second-order valence-electron chi connectivity index (χ2n) is 2.73. The van der Waals surface area contributed by atoms with Crippen LogP contribution < -0.4 is 11.1 Å². The van der Waals surface area contributed by atoms with E-state index in [4.69, 9.17) is 18.0 Å². The van der Waals surface area contributed by atoms with Crippen molar-refractivity contribution >= 4 is 23.1 Å². The minimum Gasteiger partial charge on any atom is -0.392 e. The lowest BCUT2D eigenvalue weighted by Gasteiger charge is -2.11. The highest BCUT2D eigenvalue weighted by Gasteiger charge is 2.10. The molecule has 0 spiro atoms. The third-order valence-electron chi connectivity index (χ3n) is 1.62. The third kappa shape index (κ3) is 2.74. The topological polar surface area (TPSA) is 80.9 Å². The predicted molar refractivity (Wildman–Crippen MR) is 55.7 cm³/mol. The standard InChI is InChI=1S/C8H10N4OS/c1-5(7(9)14)12-8(13)6-2-3-10-11-4-6/h2-5H,1H3,(H2,9,14)(H,12,13). The maximum atomic E-state index is 11.5. The second-order valence-corrected chi connectivity index (χ2v) is 3.20. The molecule has 3 N–H and O–H groups in total. The Balaban J connectivity index is 2.64. The number of thiocarbonyl (C=S) groups is 1. The van der Waals surface area contributed by atoms with Crippen LogP contribution in [-0.4, -0.2) is 27.1 Å². The van der Waals surface area contributed by atoms with Gasteiger partial charge in [-0.3, -0.25) is 4.79 Å². The summed E-state index contributed by atoms with van der Waals surface area (Å²) in [6.45, 7) is 1.72. The summed E-state index contributed by atoms with van der Waals surface area (Å²) in [6, 6.07) is 1.24. The molecule has 1 aromatic heterocycles. The zero-order valence-electron chi connectivity index (χ0n) is 7.60. The van der Waals surface area contributed by atoms with Crippen molar-refractivity contribution in [3.8, 4) is 0 Å². The van der Waals surface area contributed by atoms with Crippen molar-refractivity contribution in [3.05, 3.63) is 24.0 Å². The molecule has 1 unspecified atom stereocenters. The normalized spacial score (nSPS) is 11.8. The van der Waals surface area contributed by atoms with E-state index in [1.165, 1.54) is 12.4 Å². The zero-order valence-corrected chi connectivity index (χ0v) is 8.41. The molecule has 74 valence electrons. The van der Waals surface area contributed by atoms with Crippen LogP contribution in [0.2, 0.25) is 0 Å². The van der Waals surface area contributed by atoms with E-state index in [1.807, 2.05) is 0 Å². The lowest BCUT2D eigenvalue weighted by molar-refractivity contribution is 0.0949. The van der Waals surface area contributed by atoms with Crippen molar-refractivity contribution in [2.24, 2.45) is 5.73 Å². The molecule has 1 amide bonds. The van der Waals surface area contributed by atoms with E-state index in [0.29, 0.717) is 5.56 Å². The number of nitrogens with one attached hydrogen (secondary N) is 1. The minimum atomic E-state index is -0.328. The Morgan fingerprint density at radius 3 is 2.86 bits per heavy atom. The average molecular weight is 210 g/mol. The van der Waals surface area contributed by atoms with Gasteiger partial charge in [0.05, 0.1) is 29.0 Å². The first-order chi connectivity index (χ1) is 6.61. The number of rotatable bonds is 3. The van der Waals surface area contributed by atoms with Gasteiger partial charge in [0.1, 0.15) is 0 Å². The van der Waals surface area contributed by atoms with Crippen LogP contribution in [0.1, 0.15) is 17.3 Å². The highest BCUT2D eigenvalue weighted by molar-refractivity contribution is 7.80. The number of carbonyl (C=O) groups excluding carboxylic acids is 1. The lowest BCUT2D eigenvalue weighted by atomic mass is 10.2. The van der Waals surface area contributed by atoms with Crippen LogP contribution in [0.25, 0.3) is 0 Å². The summed E-state index contributed by atoms with van der Waals surface area (Å²) in [5, 5.41) is 9.77. The first-order valence-corrected chi connectivity index (χ1v) is 4.39. The fourth-order valence-corrected chi connectivity index (χ4v) is 0.835. The van der Waals surface area contributed by atoms with Gasteiger partial charge in [-0.15, -0.1) is 0 Å². The Hall–Kier alpha value is -1.56. The van der Waals surface area contributed by atoms with Gasteiger partial charge < -0.3 is 11.1 Å². The van der Waals surface area contributed by atoms with Gasteiger partial charge in [-0.25, -0.2) is 0 Å². The molecule has 0 aliphatic heterocycles. The van der Waals surface area contributed by atoms with Crippen LogP contribution in [-0.2, 0) is 0 Å². The molecule has 0 aromatic carbocycles. The van der Waals surface area contributed by atoms with E-state index in [2.05, 4.69) is 15.5 Å². The van der Waals surface area contributed by atoms with Gasteiger partial charge in [-0.2, -0.15) is 10.2 Å². The number of nitrogens with zero attached hydrogens (tertiary/aromatic N) is 2. The number of hydrogen-bond acceptors (Lipinski definition) is 4. The molecular formula is C8H10N4OS. The molecule has 1 aromatic rings. The van der Waals surface area contributed by atoms with E-state index < -0.39 is 0 Å². The van der Waals surface area contributed by atoms with Crippen LogP contribution in [0.15, 0.2) is 18.5 Å². The summed E-state index contributed by atoms with van der Waals surface area (Å²) in [4.78, 5) is 11.7. The Morgan fingerprint density at radius 1 is 1.64 bits per heavy atom. The molecule has 5 nitrogen and oxygen atoms in total. The molecule has 6 heteroatoms. The Kier molecular flexibility index (Phi) is 3.47. The molecule has 0 radical (unpaired) electrons. The zero-order chi connectivity index (χ0) is 10.6. The van der Waals surface area contributed by atoms with E-state index in [1.54, 1.807) is 13.0 Å². The monoisotopic (exact) mass is 210 g/mol. The molecule has 1 heterocycles. The van der Waals surface area contributed by atoms with Gasteiger partial charge in [0.2, 0.25) is 0 Å². The van der Waals surface area contributed by atoms with Gasteiger partial charge in [-0.1, -0.05) is 12.2 Å². The minimum absolute atomic E-state index is 0.250. The summed E-state index contributed by atoms with van der Waals surface area (Å²) in [6.07, 6.45) is 2.82. The van der Waals surface area contributed by atoms with Gasteiger partial charge in [0, 0.05) is 0 Å². The molecule has 0 aliphatic rings. The summed E-state index contributed by atoms with van der Waals surface area (Å²) in [5.41, 5.74) is 5.78. The Labute approximate surface area is 86.7 Å². The van der Waals surface area contributed by atoms with Crippen LogP contribution in [0, 0.1) is 0 Å². The number of amides is 1. The molecule has 0 fully saturated rings. The van der Waals surface area contributed by atoms with Crippen molar-refractivity contribution < 1.29 is 4.79 Å². The van der Waals surface area contributed by atoms with Gasteiger partial charge in [0.25, 0.3) is 5.91 Å². The fourth-order valence-electron chi connectivity index (χ4n) is 0.776. The molecule has 0 bridgehead atoms. The molecule has 0 aliphatic carbocycles. The van der Waals surface area contributed by atoms with E-state index in [0.717, 1.165) is 0 Å². The lowest BCUT2D eigenvalue weighted by Crippen LogP contribution is -2.41. The number of carbonyl (C=O) groups is 1. The maximum absolute atomic E-state index is 11.5. The Morgan fingerprint density at radius 2 is 2.36 bits per heavy atom. The SMILES string of the molecule is CC(NC(=O)c1ccnnc1)C(N)=S. The molecule has 1 rings (SSSR count). The van der Waals surface area contributed by atoms with Crippen LogP contribution in [0.3, 0.4) is 0 Å². The highest BCUT2D eigenvalue weighted by atomic mass is 32.1. The first-order valence-electron chi connectivity index (χ1n) is 3.98. The summed E-state index contributed by atoms with van der Waals surface area (Å²) < 4.78 is 0. The maximum Gasteiger partial charge on any atom is 0.253 e. The molecule has 14 heavy (non-hydrogen) atoms. The highest BCUT2D eigenvalue weighted by Crippen LogP contribution is 1.94. The van der Waals surface area contributed by atoms with Gasteiger partial charge in [0.15, 0.2) is 0 Å². The largest absolute Gasteiger partial charge is 0.392 e. The summed E-state index contributed by atoms with van der Waals surface area (Å²) >= 11 is 4.72. The number of nitrogens with two attached hydrogens (primary N) is 1. The van der Waals surface area contributed by atoms with Crippen molar-refractivity contribution in [1.82, 2.24) is 15.5 Å². The quantitative estimate of drug-likeness (QED) is 0.680. The van der Waals surface area contributed by atoms with Crippen molar-refractivity contribution in [2.45, 2.75) is 13.0 Å². The van der Waals surface area contributed by atoms with Crippen LogP contribution >= 0.6 is 12.2 Å². The Bertz CT molecular complexity index is 340. The van der Waals surface area contributed by atoms with Crippen molar-refractivity contribution in [1.29, 1.82) is 0 Å². The van der Waals surface area contributed by atoms with Crippen molar-refractivity contribution in [2.75, 3.05) is 0 Å². The van der Waals surface area contributed by atoms with Crippen LogP contribution in [0.4, 0.5) is 0 Å². The van der Waals surface area contributed by atoms with Crippen molar-refractivity contribution in [3.63, 3.8) is 0 Å². The van der Waals surface area contributed by atoms with E-state index in [9.17, 15) is 4.79 Å². The average Bonchev–Trinajstić information content (AvgIpc) is 2.19. The third-order valence-corrected chi connectivity index (χ3v) is 1.97. The summed E-state index contributed by atoms with van der Waals surface area (Å²) in [7, 11) is 0. The predicted octanol–water partition coefficient (Wildman–Crippen LogP) is -0.119. The molecule has 1 atom stereocenters. The second kappa shape index (κ2) is 4.61. The fraction of sp³-hybridized carbons (Fsp3) is 0.250. The van der Waals surface area contributed by atoms with Gasteiger partial charge in [-0.05, 0) is 13.0 Å². The smallest absolute Gasteiger partial charge is 0.253 e. The van der Waals surface area contributed by atoms with E-state index in [-0.39, 0.29) is 16.9 Å². The van der Waals surface area contributed by atoms with Gasteiger partial charge >= 0.3 is 0 Å². The molecule has 0 saturated carbocycles. The van der Waals surface area contributed by atoms with E-state index >= 15 is 0 Å². The summed E-state index contributed by atoms with van der Waals surface area (Å²) in [5.74, 6) is -0.264. The van der Waals surface area contributed by atoms with Crippen LogP contribution in [0.5, 0.6) is 0 Å². The molecular weight excluding hydrogens is 200 g/mol. The molecule has 0 saturated heterocycles.